The number of sulfonamides is 1. The smallest absolute Gasteiger partial charge is 0.234 e. The molecule has 2 N–H and O–H groups in total. The Hall–Kier alpha value is -0.590. The maximum atomic E-state index is 11.7. The van der Waals surface area contributed by atoms with Crippen molar-refractivity contribution >= 4 is 26.4 Å². The molecule has 0 aliphatic carbocycles. The zero-order valence-corrected chi connectivity index (χ0v) is 9.90. The molecule has 1 aromatic heterocycles. The average Bonchev–Trinajstić information content (AvgIpc) is 2.75. The Labute approximate surface area is 93.8 Å². The largest absolute Gasteiger partial charge is 0.313 e. The highest BCUT2D eigenvalue weighted by Gasteiger charge is 2.21. The average molecular weight is 246 g/mol. The Balaban J connectivity index is 1.94. The number of nitrogens with one attached hydrogen (secondary N) is 2. The molecule has 1 aromatic rings. The first kappa shape index (κ1) is 10.9. The van der Waals surface area contributed by atoms with Gasteiger partial charge in [-0.15, -0.1) is 11.3 Å². The van der Waals surface area contributed by atoms with E-state index in [-0.39, 0.29) is 11.8 Å². The van der Waals surface area contributed by atoms with Crippen molar-refractivity contribution in [1.82, 2.24) is 5.32 Å². The lowest BCUT2D eigenvalue weighted by Crippen LogP contribution is -2.32. The van der Waals surface area contributed by atoms with Gasteiger partial charge in [0.25, 0.3) is 0 Å². The van der Waals surface area contributed by atoms with Crippen LogP contribution in [-0.2, 0) is 10.0 Å². The fraction of sp³-hybridized carbons (Fsp3) is 0.556. The third kappa shape index (κ3) is 3.19. The van der Waals surface area contributed by atoms with Crippen LogP contribution in [0, 0.1) is 0 Å². The molecule has 0 bridgehead atoms. The monoisotopic (exact) mass is 246 g/mol. The first-order valence-corrected chi connectivity index (χ1v) is 7.46. The SMILES string of the molecule is O=S(=O)(CC1CCCN1)Nc1cccs1. The van der Waals surface area contributed by atoms with Crippen molar-refractivity contribution in [2.75, 3.05) is 17.0 Å². The van der Waals surface area contributed by atoms with Crippen molar-refractivity contribution in [1.29, 1.82) is 0 Å². The second kappa shape index (κ2) is 4.51. The van der Waals surface area contributed by atoms with Crippen LogP contribution in [0.5, 0.6) is 0 Å². The van der Waals surface area contributed by atoms with E-state index in [4.69, 9.17) is 0 Å². The molecule has 0 radical (unpaired) electrons. The molecule has 1 unspecified atom stereocenters. The van der Waals surface area contributed by atoms with E-state index in [0.29, 0.717) is 5.00 Å². The zero-order chi connectivity index (χ0) is 10.7. The van der Waals surface area contributed by atoms with Gasteiger partial charge in [0.05, 0.1) is 5.75 Å². The molecule has 1 aliphatic rings. The Morgan fingerprint density at radius 2 is 2.47 bits per heavy atom. The van der Waals surface area contributed by atoms with Gasteiger partial charge in [-0.2, -0.15) is 0 Å². The minimum Gasteiger partial charge on any atom is -0.313 e. The lowest BCUT2D eigenvalue weighted by atomic mass is 10.3. The lowest BCUT2D eigenvalue weighted by Gasteiger charge is -2.11. The third-order valence-corrected chi connectivity index (χ3v) is 4.65. The quantitative estimate of drug-likeness (QED) is 0.840. The third-order valence-electron chi connectivity index (χ3n) is 2.36. The van der Waals surface area contributed by atoms with E-state index in [0.717, 1.165) is 19.4 Å². The van der Waals surface area contributed by atoms with Crippen LogP contribution in [0.25, 0.3) is 0 Å². The van der Waals surface area contributed by atoms with E-state index in [2.05, 4.69) is 10.0 Å². The molecule has 0 spiro atoms. The van der Waals surface area contributed by atoms with Crippen molar-refractivity contribution in [3.63, 3.8) is 0 Å². The van der Waals surface area contributed by atoms with E-state index < -0.39 is 10.0 Å². The summed E-state index contributed by atoms with van der Waals surface area (Å²) in [4.78, 5) is 0. The molecule has 1 atom stereocenters. The van der Waals surface area contributed by atoms with Gasteiger partial charge in [-0.3, -0.25) is 4.72 Å². The van der Waals surface area contributed by atoms with E-state index in [1.54, 1.807) is 6.07 Å². The molecule has 84 valence electrons. The number of anilines is 1. The molecule has 6 heteroatoms. The first-order valence-electron chi connectivity index (χ1n) is 4.93. The highest BCUT2D eigenvalue weighted by molar-refractivity contribution is 7.92. The van der Waals surface area contributed by atoms with Crippen molar-refractivity contribution in [2.24, 2.45) is 0 Å². The molecule has 2 heterocycles. The van der Waals surface area contributed by atoms with Crippen molar-refractivity contribution in [3.8, 4) is 0 Å². The maximum Gasteiger partial charge on any atom is 0.234 e. The second-order valence-electron chi connectivity index (χ2n) is 3.65. The summed E-state index contributed by atoms with van der Waals surface area (Å²) in [7, 11) is -3.19. The van der Waals surface area contributed by atoms with E-state index >= 15 is 0 Å². The van der Waals surface area contributed by atoms with Crippen molar-refractivity contribution in [3.05, 3.63) is 17.5 Å². The minimum atomic E-state index is -3.19. The molecule has 2 rings (SSSR count). The number of rotatable bonds is 4. The van der Waals surface area contributed by atoms with Crippen LogP contribution in [0.2, 0.25) is 0 Å². The lowest BCUT2D eigenvalue weighted by molar-refractivity contribution is 0.582. The second-order valence-corrected chi connectivity index (χ2v) is 6.37. The number of hydrogen-bond acceptors (Lipinski definition) is 4. The van der Waals surface area contributed by atoms with Gasteiger partial charge in [0.1, 0.15) is 5.00 Å². The van der Waals surface area contributed by atoms with E-state index in [1.807, 2.05) is 11.4 Å². The standard InChI is InChI=1S/C9H14N2O2S2/c12-15(13,7-8-3-1-5-10-8)11-9-4-2-6-14-9/h2,4,6,8,10-11H,1,3,5,7H2. The highest BCUT2D eigenvalue weighted by Crippen LogP contribution is 2.17. The summed E-state index contributed by atoms with van der Waals surface area (Å²) in [6.45, 7) is 0.930. The molecular weight excluding hydrogens is 232 g/mol. The molecular formula is C9H14N2O2S2. The van der Waals surface area contributed by atoms with Crippen LogP contribution >= 0.6 is 11.3 Å². The Morgan fingerprint density at radius 3 is 3.07 bits per heavy atom. The first-order chi connectivity index (χ1) is 7.16. The van der Waals surface area contributed by atoms with E-state index in [9.17, 15) is 8.42 Å². The van der Waals surface area contributed by atoms with Gasteiger partial charge in [-0.05, 0) is 36.9 Å². The van der Waals surface area contributed by atoms with Crippen LogP contribution in [0.1, 0.15) is 12.8 Å². The highest BCUT2D eigenvalue weighted by atomic mass is 32.2. The summed E-state index contributed by atoms with van der Waals surface area (Å²) < 4.78 is 26.0. The van der Waals surface area contributed by atoms with Crippen molar-refractivity contribution in [2.45, 2.75) is 18.9 Å². The van der Waals surface area contributed by atoms with Crippen LogP contribution < -0.4 is 10.0 Å². The normalized spacial score (nSPS) is 21.7. The van der Waals surface area contributed by atoms with Gasteiger partial charge in [0.2, 0.25) is 10.0 Å². The topological polar surface area (TPSA) is 58.2 Å². The molecule has 0 aromatic carbocycles. The Morgan fingerprint density at radius 1 is 1.60 bits per heavy atom. The Kier molecular flexibility index (Phi) is 3.28. The van der Waals surface area contributed by atoms with Crippen LogP contribution in [0.15, 0.2) is 17.5 Å². The summed E-state index contributed by atoms with van der Waals surface area (Å²) >= 11 is 1.40. The van der Waals surface area contributed by atoms with Gasteiger partial charge in [0.15, 0.2) is 0 Å². The molecule has 0 amide bonds. The maximum absolute atomic E-state index is 11.7. The number of thiophene rings is 1. The molecule has 4 nitrogen and oxygen atoms in total. The predicted octanol–water partition coefficient (Wildman–Crippen LogP) is 1.24. The van der Waals surface area contributed by atoms with Crippen molar-refractivity contribution < 1.29 is 8.42 Å². The van der Waals surface area contributed by atoms with Crippen LogP contribution in [-0.4, -0.2) is 26.8 Å². The fourth-order valence-corrected chi connectivity index (χ4v) is 4.00. The minimum absolute atomic E-state index is 0.113. The molecule has 1 saturated heterocycles. The Bertz CT molecular complexity index is 394. The van der Waals surface area contributed by atoms with Gasteiger partial charge in [0, 0.05) is 6.04 Å². The summed E-state index contributed by atoms with van der Waals surface area (Å²) in [5, 5.41) is 5.72. The molecule has 1 fully saturated rings. The van der Waals surface area contributed by atoms with Gasteiger partial charge < -0.3 is 5.32 Å². The number of hydrogen-bond donors (Lipinski definition) is 2. The summed E-state index contributed by atoms with van der Waals surface area (Å²) in [5.74, 6) is 0.172. The van der Waals surface area contributed by atoms with E-state index in [1.165, 1.54) is 11.3 Å². The summed E-state index contributed by atoms with van der Waals surface area (Å²) in [5.41, 5.74) is 0. The summed E-state index contributed by atoms with van der Waals surface area (Å²) in [6, 6.07) is 3.71. The predicted molar refractivity (Wildman–Crippen MR) is 62.8 cm³/mol. The van der Waals surface area contributed by atoms with Crippen LogP contribution in [0.4, 0.5) is 5.00 Å². The zero-order valence-electron chi connectivity index (χ0n) is 8.27. The summed E-state index contributed by atoms with van der Waals surface area (Å²) in [6.07, 6.45) is 2.02. The van der Waals surface area contributed by atoms with Crippen LogP contribution in [0.3, 0.4) is 0 Å². The molecule has 1 aliphatic heterocycles. The van der Waals surface area contributed by atoms with Gasteiger partial charge in [-0.25, -0.2) is 8.42 Å². The van der Waals surface area contributed by atoms with Gasteiger partial charge in [-0.1, -0.05) is 0 Å². The van der Waals surface area contributed by atoms with Gasteiger partial charge >= 0.3 is 0 Å². The molecule has 15 heavy (non-hydrogen) atoms. The molecule has 0 saturated carbocycles. The fourth-order valence-electron chi connectivity index (χ4n) is 1.70.